The largest absolute Gasteiger partial charge is 0.388 e. The third kappa shape index (κ3) is 3.05. The number of fused-ring (bicyclic) bond motifs is 1. The van der Waals surface area contributed by atoms with Gasteiger partial charge in [-0.05, 0) is 25.0 Å². The molecule has 2 amide bonds. The number of urea groups is 1. The minimum Gasteiger partial charge on any atom is -0.388 e. The van der Waals surface area contributed by atoms with E-state index in [1.165, 1.54) is 0 Å². The number of hydrogen-bond acceptors (Lipinski definition) is 4. The molecule has 0 aromatic carbocycles. The lowest BCUT2D eigenvalue weighted by Gasteiger charge is -2.25. The van der Waals surface area contributed by atoms with E-state index in [1.54, 1.807) is 16.7 Å². The second-order valence-corrected chi connectivity index (χ2v) is 4.69. The fourth-order valence-corrected chi connectivity index (χ4v) is 1.82. The molecule has 108 valence electrons. The van der Waals surface area contributed by atoms with Gasteiger partial charge in [-0.15, -0.1) is 10.2 Å². The average Bonchev–Trinajstić information content (AvgIpc) is 2.88. The van der Waals surface area contributed by atoms with Gasteiger partial charge in [-0.25, -0.2) is 4.79 Å². The minimum atomic E-state index is -0.871. The fraction of sp³-hybridized carbons (Fsp3) is 0.462. The van der Waals surface area contributed by atoms with E-state index in [9.17, 15) is 9.90 Å². The first kappa shape index (κ1) is 14.3. The normalized spacial score (nSPS) is 11.6. The van der Waals surface area contributed by atoms with E-state index in [2.05, 4.69) is 20.8 Å². The Hall–Kier alpha value is -2.15. The molecule has 20 heavy (non-hydrogen) atoms. The lowest BCUT2D eigenvalue weighted by molar-refractivity contribution is 0.0354. The predicted molar refractivity (Wildman–Crippen MR) is 75.5 cm³/mol. The highest BCUT2D eigenvalue weighted by Gasteiger charge is 2.23. The number of aromatic nitrogens is 3. The van der Waals surface area contributed by atoms with E-state index in [-0.39, 0.29) is 6.54 Å². The zero-order valence-electron chi connectivity index (χ0n) is 11.6. The lowest BCUT2D eigenvalue weighted by Crippen LogP contribution is -2.43. The van der Waals surface area contributed by atoms with Gasteiger partial charge in [-0.1, -0.05) is 19.9 Å². The first-order valence-corrected chi connectivity index (χ1v) is 6.65. The van der Waals surface area contributed by atoms with Gasteiger partial charge in [-0.2, -0.15) is 0 Å². The van der Waals surface area contributed by atoms with Crippen molar-refractivity contribution < 1.29 is 9.90 Å². The van der Waals surface area contributed by atoms with Crippen LogP contribution in [0.5, 0.6) is 0 Å². The molecule has 7 heteroatoms. The Balaban J connectivity index is 1.98. The topological polar surface area (TPSA) is 91.5 Å². The molecule has 0 aliphatic carbocycles. The highest BCUT2D eigenvalue weighted by molar-refractivity contribution is 5.87. The van der Waals surface area contributed by atoms with Gasteiger partial charge >= 0.3 is 6.03 Å². The van der Waals surface area contributed by atoms with Crippen LogP contribution in [-0.4, -0.2) is 37.9 Å². The van der Waals surface area contributed by atoms with Gasteiger partial charge in [-0.3, -0.25) is 9.72 Å². The summed E-state index contributed by atoms with van der Waals surface area (Å²) in [6.07, 6.45) is 2.93. The maximum absolute atomic E-state index is 11.8. The number of carbonyl (C=O) groups excluding carboxylic acids is 1. The molecular weight excluding hydrogens is 258 g/mol. The molecule has 0 aliphatic rings. The summed E-state index contributed by atoms with van der Waals surface area (Å²) in [5, 5.41) is 23.2. The van der Waals surface area contributed by atoms with Crippen LogP contribution in [-0.2, 0) is 0 Å². The molecule has 3 N–H and O–H groups in total. The lowest BCUT2D eigenvalue weighted by atomic mass is 9.98. The Morgan fingerprint density at radius 3 is 2.80 bits per heavy atom. The van der Waals surface area contributed by atoms with E-state index >= 15 is 0 Å². The monoisotopic (exact) mass is 277 g/mol. The van der Waals surface area contributed by atoms with E-state index in [0.717, 1.165) is 0 Å². The molecule has 0 spiro atoms. The summed E-state index contributed by atoms with van der Waals surface area (Å²) in [5.74, 6) is 0.342. The van der Waals surface area contributed by atoms with Crippen LogP contribution in [0.4, 0.5) is 10.7 Å². The third-order valence-corrected chi connectivity index (χ3v) is 3.43. The second-order valence-electron chi connectivity index (χ2n) is 4.69. The Kier molecular flexibility index (Phi) is 4.19. The molecule has 2 aromatic rings. The molecule has 0 aliphatic heterocycles. The number of carbonyl (C=O) groups is 1. The number of pyridine rings is 1. The SMILES string of the molecule is CCC(O)(CC)CNC(=O)Nc1nnc2ccccn12. The van der Waals surface area contributed by atoms with E-state index in [1.807, 2.05) is 26.0 Å². The maximum atomic E-state index is 11.8. The number of aliphatic hydroxyl groups is 1. The molecule has 7 nitrogen and oxygen atoms in total. The summed E-state index contributed by atoms with van der Waals surface area (Å²) in [5.41, 5.74) is -0.217. The molecule has 2 heterocycles. The van der Waals surface area contributed by atoms with Crippen LogP contribution in [0, 0.1) is 0 Å². The van der Waals surface area contributed by atoms with E-state index in [4.69, 9.17) is 0 Å². The second kappa shape index (κ2) is 5.87. The van der Waals surface area contributed by atoms with E-state index < -0.39 is 11.6 Å². The predicted octanol–water partition coefficient (Wildman–Crippen LogP) is 1.40. The van der Waals surface area contributed by atoms with Gasteiger partial charge in [0.25, 0.3) is 0 Å². The zero-order valence-corrected chi connectivity index (χ0v) is 11.6. The molecule has 0 saturated carbocycles. The van der Waals surface area contributed by atoms with Crippen LogP contribution >= 0.6 is 0 Å². The molecule has 0 radical (unpaired) electrons. The van der Waals surface area contributed by atoms with Crippen molar-refractivity contribution in [3.63, 3.8) is 0 Å². The minimum absolute atomic E-state index is 0.197. The van der Waals surface area contributed by atoms with Gasteiger partial charge in [0.15, 0.2) is 5.65 Å². The summed E-state index contributed by atoms with van der Waals surface area (Å²) in [6, 6.07) is 5.05. The zero-order chi connectivity index (χ0) is 14.6. The summed E-state index contributed by atoms with van der Waals surface area (Å²) in [7, 11) is 0. The number of nitrogens with one attached hydrogen (secondary N) is 2. The number of amides is 2. The highest BCUT2D eigenvalue weighted by atomic mass is 16.3. The quantitative estimate of drug-likeness (QED) is 0.770. The molecule has 0 fully saturated rings. The summed E-state index contributed by atoms with van der Waals surface area (Å²) in [6.45, 7) is 3.97. The van der Waals surface area contributed by atoms with Gasteiger partial charge in [0.2, 0.25) is 5.95 Å². The first-order chi connectivity index (χ1) is 9.58. The van der Waals surface area contributed by atoms with Gasteiger partial charge in [0.05, 0.1) is 5.60 Å². The highest BCUT2D eigenvalue weighted by Crippen LogP contribution is 2.13. The molecule has 0 saturated heterocycles. The van der Waals surface area contributed by atoms with Crippen LogP contribution < -0.4 is 10.6 Å². The van der Waals surface area contributed by atoms with Crippen molar-refractivity contribution >= 4 is 17.6 Å². The number of anilines is 1. The third-order valence-electron chi connectivity index (χ3n) is 3.43. The van der Waals surface area contributed by atoms with Gasteiger partial charge in [0, 0.05) is 12.7 Å². The maximum Gasteiger partial charge on any atom is 0.321 e. The molecule has 2 rings (SSSR count). The number of nitrogens with zero attached hydrogens (tertiary/aromatic N) is 3. The van der Waals surface area contributed by atoms with Crippen molar-refractivity contribution in [1.29, 1.82) is 0 Å². The summed E-state index contributed by atoms with van der Waals surface area (Å²) >= 11 is 0. The van der Waals surface area contributed by atoms with Crippen LogP contribution in [0.25, 0.3) is 5.65 Å². The molecule has 0 bridgehead atoms. The smallest absolute Gasteiger partial charge is 0.321 e. The summed E-state index contributed by atoms with van der Waals surface area (Å²) in [4.78, 5) is 11.8. The number of hydrogen-bond donors (Lipinski definition) is 3. The number of rotatable bonds is 5. The van der Waals surface area contributed by atoms with Crippen LogP contribution in [0.2, 0.25) is 0 Å². The van der Waals surface area contributed by atoms with Crippen LogP contribution in [0.3, 0.4) is 0 Å². The van der Waals surface area contributed by atoms with Crippen molar-refractivity contribution in [3.8, 4) is 0 Å². The first-order valence-electron chi connectivity index (χ1n) is 6.65. The molecule has 0 unspecified atom stereocenters. The fourth-order valence-electron chi connectivity index (χ4n) is 1.82. The molecule has 0 atom stereocenters. The average molecular weight is 277 g/mol. The van der Waals surface area contributed by atoms with Crippen molar-refractivity contribution in [1.82, 2.24) is 19.9 Å². The Labute approximate surface area is 117 Å². The van der Waals surface area contributed by atoms with Crippen molar-refractivity contribution in [2.24, 2.45) is 0 Å². The van der Waals surface area contributed by atoms with Gasteiger partial charge in [0.1, 0.15) is 0 Å². The summed E-state index contributed by atoms with van der Waals surface area (Å²) < 4.78 is 1.67. The Bertz CT molecular complexity index is 591. The van der Waals surface area contributed by atoms with E-state index in [0.29, 0.717) is 24.4 Å². The van der Waals surface area contributed by atoms with Crippen molar-refractivity contribution in [3.05, 3.63) is 24.4 Å². The van der Waals surface area contributed by atoms with Crippen LogP contribution in [0.15, 0.2) is 24.4 Å². The molecular formula is C13H19N5O2. The Morgan fingerprint density at radius 1 is 1.35 bits per heavy atom. The van der Waals surface area contributed by atoms with Crippen LogP contribution in [0.1, 0.15) is 26.7 Å². The standard InChI is InChI=1S/C13H19N5O2/c1-3-13(20,4-2)9-14-12(19)15-11-17-16-10-7-5-6-8-18(10)11/h5-8,20H,3-4,9H2,1-2H3,(H2,14,15,17,19). The van der Waals surface area contributed by atoms with Crippen molar-refractivity contribution in [2.75, 3.05) is 11.9 Å². The van der Waals surface area contributed by atoms with Gasteiger partial charge < -0.3 is 10.4 Å². The van der Waals surface area contributed by atoms with Crippen molar-refractivity contribution in [2.45, 2.75) is 32.3 Å². The molecule has 2 aromatic heterocycles. The Morgan fingerprint density at radius 2 is 2.10 bits per heavy atom.